The Kier molecular flexibility index (Phi) is 3.85. The Morgan fingerprint density at radius 1 is 1.50 bits per heavy atom. The van der Waals surface area contributed by atoms with Crippen molar-refractivity contribution < 1.29 is 9.72 Å². The van der Waals surface area contributed by atoms with Crippen molar-refractivity contribution in [3.63, 3.8) is 0 Å². The molecule has 1 aromatic heterocycles. The number of nitrogens with one attached hydrogen (secondary N) is 1. The molecule has 1 aliphatic rings. The molecule has 0 aliphatic heterocycles. The van der Waals surface area contributed by atoms with Gasteiger partial charge in [-0.3, -0.25) is 4.79 Å². The summed E-state index contributed by atoms with van der Waals surface area (Å²) >= 11 is 0. The second-order valence-corrected chi connectivity index (χ2v) is 4.40. The van der Waals surface area contributed by atoms with Crippen molar-refractivity contribution in [3.05, 3.63) is 16.4 Å². The van der Waals surface area contributed by atoms with E-state index in [1.165, 1.54) is 17.4 Å². The van der Waals surface area contributed by atoms with Crippen LogP contribution in [0, 0.1) is 10.1 Å². The summed E-state index contributed by atoms with van der Waals surface area (Å²) < 4.78 is 1.18. The van der Waals surface area contributed by atoms with Gasteiger partial charge >= 0.3 is 5.95 Å². The van der Waals surface area contributed by atoms with Gasteiger partial charge in [0.05, 0.1) is 0 Å². The van der Waals surface area contributed by atoms with Gasteiger partial charge in [0.15, 0.2) is 0 Å². The van der Waals surface area contributed by atoms with E-state index in [0.29, 0.717) is 0 Å². The molecule has 1 aliphatic carbocycles. The first-order chi connectivity index (χ1) is 8.65. The SMILES string of the molecule is O=C(Cn1cnc([N+](=O)[O-])n1)NC1CCCCC1. The zero-order valence-corrected chi connectivity index (χ0v) is 9.91. The summed E-state index contributed by atoms with van der Waals surface area (Å²) in [6, 6.07) is 0.227. The monoisotopic (exact) mass is 253 g/mol. The largest absolute Gasteiger partial charge is 0.490 e. The Balaban J connectivity index is 1.84. The van der Waals surface area contributed by atoms with Crippen molar-refractivity contribution >= 4 is 11.9 Å². The van der Waals surface area contributed by atoms with Gasteiger partial charge in [-0.1, -0.05) is 24.2 Å². The molecule has 0 unspecified atom stereocenters. The molecule has 1 N–H and O–H groups in total. The fourth-order valence-electron chi connectivity index (χ4n) is 2.11. The third-order valence-corrected chi connectivity index (χ3v) is 2.96. The van der Waals surface area contributed by atoms with Crippen molar-refractivity contribution in [3.8, 4) is 0 Å². The molecule has 1 heterocycles. The Labute approximate surface area is 104 Å². The Bertz CT molecular complexity index is 438. The smallest absolute Gasteiger partial charge is 0.390 e. The van der Waals surface area contributed by atoms with Crippen molar-refractivity contribution in [1.29, 1.82) is 0 Å². The molecule has 1 amide bonds. The predicted octanol–water partition coefficient (Wildman–Crippen LogP) is 0.635. The van der Waals surface area contributed by atoms with E-state index in [0.717, 1.165) is 25.7 Å². The Hall–Kier alpha value is -1.99. The molecular weight excluding hydrogens is 238 g/mol. The first-order valence-corrected chi connectivity index (χ1v) is 5.98. The number of aromatic nitrogens is 3. The van der Waals surface area contributed by atoms with Crippen molar-refractivity contribution in [1.82, 2.24) is 20.1 Å². The van der Waals surface area contributed by atoms with E-state index in [1.54, 1.807) is 0 Å². The second-order valence-electron chi connectivity index (χ2n) is 4.40. The second kappa shape index (κ2) is 5.56. The van der Waals surface area contributed by atoms with Crippen molar-refractivity contribution in [2.45, 2.75) is 44.7 Å². The molecule has 0 aromatic carbocycles. The summed E-state index contributed by atoms with van der Waals surface area (Å²) in [6.07, 6.45) is 6.70. The molecule has 98 valence electrons. The van der Waals surface area contributed by atoms with E-state index in [2.05, 4.69) is 15.4 Å². The lowest BCUT2D eigenvalue weighted by molar-refractivity contribution is -0.394. The standard InChI is InChI=1S/C10H15N5O3/c16-9(12-8-4-2-1-3-5-8)6-14-7-11-10(13-14)15(17)18/h7-8H,1-6H2,(H,12,16). The predicted molar refractivity (Wildman–Crippen MR) is 61.7 cm³/mol. The maximum Gasteiger partial charge on any atom is 0.490 e. The minimum absolute atomic E-state index is 0.0304. The number of hydrogen-bond donors (Lipinski definition) is 1. The van der Waals surface area contributed by atoms with Crippen LogP contribution in [0.1, 0.15) is 32.1 Å². The molecule has 18 heavy (non-hydrogen) atoms. The van der Waals surface area contributed by atoms with Gasteiger partial charge in [0.25, 0.3) is 0 Å². The molecule has 1 aromatic rings. The third-order valence-electron chi connectivity index (χ3n) is 2.96. The molecular formula is C10H15N5O3. The molecule has 1 saturated carbocycles. The number of carbonyl (C=O) groups excluding carboxylic acids is 1. The van der Waals surface area contributed by atoms with Gasteiger partial charge in [-0.15, -0.1) is 0 Å². The van der Waals surface area contributed by atoms with Crippen LogP contribution in [0.5, 0.6) is 0 Å². The van der Waals surface area contributed by atoms with Gasteiger partial charge in [-0.05, 0) is 17.8 Å². The number of carbonyl (C=O) groups is 1. The van der Waals surface area contributed by atoms with Gasteiger partial charge < -0.3 is 15.4 Å². The third kappa shape index (κ3) is 3.25. The van der Waals surface area contributed by atoms with E-state index < -0.39 is 10.9 Å². The first-order valence-electron chi connectivity index (χ1n) is 5.98. The van der Waals surface area contributed by atoms with Crippen LogP contribution in [0.4, 0.5) is 5.95 Å². The molecule has 0 bridgehead atoms. The summed E-state index contributed by atoms with van der Waals surface area (Å²) in [5.74, 6) is -0.665. The zero-order valence-electron chi connectivity index (χ0n) is 9.91. The van der Waals surface area contributed by atoms with E-state index in [-0.39, 0.29) is 18.5 Å². The van der Waals surface area contributed by atoms with E-state index >= 15 is 0 Å². The molecule has 2 rings (SSSR count). The van der Waals surface area contributed by atoms with Crippen molar-refractivity contribution in [2.75, 3.05) is 0 Å². The van der Waals surface area contributed by atoms with Gasteiger partial charge in [0, 0.05) is 11.1 Å². The summed E-state index contributed by atoms with van der Waals surface area (Å²) in [4.78, 5) is 24.9. The van der Waals surface area contributed by atoms with E-state index in [9.17, 15) is 14.9 Å². The lowest BCUT2D eigenvalue weighted by Crippen LogP contribution is -2.38. The van der Waals surface area contributed by atoms with Crippen LogP contribution in [0.2, 0.25) is 0 Å². The van der Waals surface area contributed by atoms with Gasteiger partial charge in [0.2, 0.25) is 12.2 Å². The summed E-state index contributed by atoms with van der Waals surface area (Å²) in [5, 5.41) is 16.9. The molecule has 0 spiro atoms. The minimum Gasteiger partial charge on any atom is -0.390 e. The molecule has 8 heteroatoms. The normalized spacial score (nSPS) is 16.4. The van der Waals surface area contributed by atoms with Crippen LogP contribution in [-0.4, -0.2) is 31.6 Å². The highest BCUT2D eigenvalue weighted by Gasteiger charge is 2.18. The summed E-state index contributed by atoms with van der Waals surface area (Å²) in [5.41, 5.74) is 0. The zero-order chi connectivity index (χ0) is 13.0. The topological polar surface area (TPSA) is 103 Å². The molecule has 0 saturated heterocycles. The van der Waals surface area contributed by atoms with E-state index in [4.69, 9.17) is 0 Å². The summed E-state index contributed by atoms with van der Waals surface area (Å²) in [6.45, 7) is -0.0304. The van der Waals surface area contributed by atoms with E-state index in [1.807, 2.05) is 0 Å². The van der Waals surface area contributed by atoms with Crippen LogP contribution in [0.15, 0.2) is 6.33 Å². The number of nitrogens with zero attached hydrogens (tertiary/aromatic N) is 4. The molecule has 1 fully saturated rings. The lowest BCUT2D eigenvalue weighted by atomic mass is 9.95. The van der Waals surface area contributed by atoms with Crippen molar-refractivity contribution in [2.24, 2.45) is 0 Å². The number of nitro groups is 1. The number of hydrogen-bond acceptors (Lipinski definition) is 5. The van der Waals surface area contributed by atoms with Crippen LogP contribution in [-0.2, 0) is 11.3 Å². The maximum absolute atomic E-state index is 11.7. The fraction of sp³-hybridized carbons (Fsp3) is 0.700. The highest BCUT2D eigenvalue weighted by Crippen LogP contribution is 2.17. The number of rotatable bonds is 4. The molecule has 8 nitrogen and oxygen atoms in total. The quantitative estimate of drug-likeness (QED) is 0.626. The Morgan fingerprint density at radius 2 is 2.22 bits per heavy atom. The fourth-order valence-corrected chi connectivity index (χ4v) is 2.11. The molecule has 0 radical (unpaired) electrons. The highest BCUT2D eigenvalue weighted by molar-refractivity contribution is 5.75. The lowest BCUT2D eigenvalue weighted by Gasteiger charge is -2.22. The van der Waals surface area contributed by atoms with Crippen LogP contribution in [0.3, 0.4) is 0 Å². The van der Waals surface area contributed by atoms with Crippen LogP contribution in [0.25, 0.3) is 0 Å². The average molecular weight is 253 g/mol. The van der Waals surface area contributed by atoms with Crippen LogP contribution >= 0.6 is 0 Å². The van der Waals surface area contributed by atoms with Gasteiger partial charge in [0.1, 0.15) is 6.54 Å². The number of amides is 1. The molecule has 0 atom stereocenters. The maximum atomic E-state index is 11.7. The Morgan fingerprint density at radius 3 is 2.83 bits per heavy atom. The van der Waals surface area contributed by atoms with Gasteiger partial charge in [-0.2, -0.15) is 4.68 Å². The highest BCUT2D eigenvalue weighted by atomic mass is 16.6. The first kappa shape index (κ1) is 12.5. The minimum atomic E-state index is -0.685. The summed E-state index contributed by atoms with van der Waals surface area (Å²) in [7, 11) is 0. The van der Waals surface area contributed by atoms with Crippen LogP contribution < -0.4 is 5.32 Å². The average Bonchev–Trinajstić information content (AvgIpc) is 2.78. The van der Waals surface area contributed by atoms with Gasteiger partial charge in [-0.25, -0.2) is 0 Å².